The zero-order valence-corrected chi connectivity index (χ0v) is 17.1. The molecule has 0 bridgehead atoms. The molecule has 1 aliphatic heterocycles. The van der Waals surface area contributed by atoms with Crippen LogP contribution in [0.1, 0.15) is 25.8 Å². The van der Waals surface area contributed by atoms with E-state index in [4.69, 9.17) is 0 Å². The van der Waals surface area contributed by atoms with E-state index in [0.29, 0.717) is 38.4 Å². The molecule has 1 aromatic carbocycles. The summed E-state index contributed by atoms with van der Waals surface area (Å²) in [5, 5.41) is 17.1. The zero-order valence-electron chi connectivity index (χ0n) is 17.1. The number of tetrazole rings is 1. The lowest BCUT2D eigenvalue weighted by Crippen LogP contribution is -2.52. The molecular weight excluding hydrogens is 372 g/mol. The minimum atomic E-state index is -0.153. The van der Waals surface area contributed by atoms with Gasteiger partial charge in [0.1, 0.15) is 6.33 Å². The molecule has 156 valence electrons. The van der Waals surface area contributed by atoms with E-state index in [1.807, 2.05) is 39.0 Å². The van der Waals surface area contributed by atoms with Crippen LogP contribution in [0.2, 0.25) is 0 Å². The van der Waals surface area contributed by atoms with Gasteiger partial charge in [-0.05, 0) is 48.4 Å². The topological polar surface area (TPSA) is 108 Å². The SMILES string of the molecule is CCC(C)NC(=O)CN1CCN(C(=O)Nc2ccc(C)c(-n3cnnn3)c2)CC1. The fraction of sp³-hybridized carbons (Fsp3) is 0.526. The molecule has 1 atom stereocenters. The van der Waals surface area contributed by atoms with Crippen LogP contribution in [0, 0.1) is 6.92 Å². The zero-order chi connectivity index (χ0) is 20.8. The molecule has 2 N–H and O–H groups in total. The van der Waals surface area contributed by atoms with E-state index >= 15 is 0 Å². The van der Waals surface area contributed by atoms with Gasteiger partial charge in [0, 0.05) is 37.9 Å². The van der Waals surface area contributed by atoms with E-state index < -0.39 is 0 Å². The van der Waals surface area contributed by atoms with E-state index in [-0.39, 0.29) is 18.0 Å². The molecule has 1 unspecified atom stereocenters. The van der Waals surface area contributed by atoms with Crippen LogP contribution in [-0.2, 0) is 4.79 Å². The molecule has 10 nitrogen and oxygen atoms in total. The fourth-order valence-corrected chi connectivity index (χ4v) is 3.14. The summed E-state index contributed by atoms with van der Waals surface area (Å²) in [5.41, 5.74) is 2.49. The molecule has 2 heterocycles. The molecule has 10 heteroatoms. The highest BCUT2D eigenvalue weighted by molar-refractivity contribution is 5.89. The third-order valence-electron chi connectivity index (χ3n) is 5.10. The summed E-state index contributed by atoms with van der Waals surface area (Å²) in [4.78, 5) is 28.5. The largest absolute Gasteiger partial charge is 0.353 e. The molecule has 3 amide bonds. The first-order chi connectivity index (χ1) is 14.0. The second kappa shape index (κ2) is 9.46. The van der Waals surface area contributed by atoms with E-state index in [2.05, 4.69) is 31.1 Å². The molecule has 3 rings (SSSR count). The fourth-order valence-electron chi connectivity index (χ4n) is 3.14. The van der Waals surface area contributed by atoms with E-state index in [0.717, 1.165) is 17.7 Å². The molecule has 1 aliphatic rings. The van der Waals surface area contributed by atoms with Gasteiger partial charge in [-0.2, -0.15) is 0 Å². The molecule has 1 fully saturated rings. The van der Waals surface area contributed by atoms with Gasteiger partial charge >= 0.3 is 6.03 Å². The van der Waals surface area contributed by atoms with Gasteiger partial charge in [-0.15, -0.1) is 5.10 Å². The lowest BCUT2D eigenvalue weighted by Gasteiger charge is -2.34. The second-order valence-corrected chi connectivity index (χ2v) is 7.33. The van der Waals surface area contributed by atoms with Crippen molar-refractivity contribution in [1.82, 2.24) is 35.3 Å². The first-order valence-corrected chi connectivity index (χ1v) is 9.88. The van der Waals surface area contributed by atoms with Crippen LogP contribution >= 0.6 is 0 Å². The van der Waals surface area contributed by atoms with Crippen molar-refractivity contribution in [2.75, 3.05) is 38.0 Å². The van der Waals surface area contributed by atoms with Crippen molar-refractivity contribution in [2.45, 2.75) is 33.2 Å². The number of urea groups is 1. The number of benzene rings is 1. The number of amides is 3. The minimum Gasteiger partial charge on any atom is -0.353 e. The average molecular weight is 400 g/mol. The van der Waals surface area contributed by atoms with Gasteiger partial charge in [-0.3, -0.25) is 9.69 Å². The molecule has 0 radical (unpaired) electrons. The Morgan fingerprint density at radius 3 is 2.62 bits per heavy atom. The van der Waals surface area contributed by atoms with Crippen molar-refractivity contribution in [3.63, 3.8) is 0 Å². The van der Waals surface area contributed by atoms with Crippen LogP contribution < -0.4 is 10.6 Å². The number of carbonyl (C=O) groups is 2. The predicted molar refractivity (Wildman–Crippen MR) is 109 cm³/mol. The maximum atomic E-state index is 12.6. The number of piperazine rings is 1. The van der Waals surface area contributed by atoms with Crippen molar-refractivity contribution in [3.8, 4) is 5.69 Å². The first-order valence-electron chi connectivity index (χ1n) is 9.88. The third-order valence-corrected chi connectivity index (χ3v) is 5.10. The van der Waals surface area contributed by atoms with Crippen LogP contribution in [-0.4, -0.2) is 80.7 Å². The van der Waals surface area contributed by atoms with Crippen LogP contribution in [0.4, 0.5) is 10.5 Å². The molecule has 1 saturated heterocycles. The lowest BCUT2D eigenvalue weighted by molar-refractivity contribution is -0.123. The van der Waals surface area contributed by atoms with E-state index in [9.17, 15) is 9.59 Å². The van der Waals surface area contributed by atoms with Gasteiger partial charge in [-0.1, -0.05) is 13.0 Å². The average Bonchev–Trinajstić information content (AvgIpc) is 3.24. The van der Waals surface area contributed by atoms with E-state index in [1.165, 1.54) is 6.33 Å². The van der Waals surface area contributed by atoms with Gasteiger partial charge in [0.25, 0.3) is 0 Å². The summed E-state index contributed by atoms with van der Waals surface area (Å²) in [6.07, 6.45) is 2.43. The lowest BCUT2D eigenvalue weighted by atomic mass is 10.2. The summed E-state index contributed by atoms with van der Waals surface area (Å²) < 4.78 is 1.56. The number of aromatic nitrogens is 4. The van der Waals surface area contributed by atoms with Crippen LogP contribution in [0.3, 0.4) is 0 Å². The molecule has 2 aromatic rings. The summed E-state index contributed by atoms with van der Waals surface area (Å²) in [7, 11) is 0. The second-order valence-electron chi connectivity index (χ2n) is 7.33. The Kier molecular flexibility index (Phi) is 6.76. The van der Waals surface area contributed by atoms with Crippen LogP contribution in [0.15, 0.2) is 24.5 Å². The van der Waals surface area contributed by atoms with Crippen molar-refractivity contribution in [3.05, 3.63) is 30.1 Å². The van der Waals surface area contributed by atoms with Gasteiger partial charge in [0.2, 0.25) is 5.91 Å². The number of rotatable bonds is 6. The van der Waals surface area contributed by atoms with Gasteiger partial charge in [0.05, 0.1) is 12.2 Å². The molecule has 1 aromatic heterocycles. The number of nitrogens with zero attached hydrogens (tertiary/aromatic N) is 6. The Balaban J connectivity index is 1.51. The Morgan fingerprint density at radius 1 is 1.21 bits per heavy atom. The number of hydrogen-bond acceptors (Lipinski definition) is 6. The monoisotopic (exact) mass is 400 g/mol. The molecule has 0 aliphatic carbocycles. The highest BCUT2D eigenvalue weighted by atomic mass is 16.2. The molecular formula is C19H28N8O2. The summed E-state index contributed by atoms with van der Waals surface area (Å²) in [6.45, 7) is 8.86. The Hall–Kier alpha value is -3.01. The van der Waals surface area contributed by atoms with Gasteiger partial charge < -0.3 is 15.5 Å². The van der Waals surface area contributed by atoms with Crippen molar-refractivity contribution >= 4 is 17.6 Å². The van der Waals surface area contributed by atoms with Gasteiger partial charge in [-0.25, -0.2) is 9.48 Å². The highest BCUT2D eigenvalue weighted by Gasteiger charge is 2.23. The number of anilines is 1. The first kappa shape index (κ1) is 20.7. The number of aryl methyl sites for hydroxylation is 1. The van der Waals surface area contributed by atoms with Crippen molar-refractivity contribution in [2.24, 2.45) is 0 Å². The maximum Gasteiger partial charge on any atom is 0.321 e. The van der Waals surface area contributed by atoms with Crippen LogP contribution in [0.5, 0.6) is 0 Å². The predicted octanol–water partition coefficient (Wildman–Crippen LogP) is 1.03. The number of carbonyl (C=O) groups excluding carboxylic acids is 2. The van der Waals surface area contributed by atoms with E-state index in [1.54, 1.807) is 9.58 Å². The Morgan fingerprint density at radius 2 is 1.97 bits per heavy atom. The highest BCUT2D eigenvalue weighted by Crippen LogP contribution is 2.19. The molecule has 0 saturated carbocycles. The number of hydrogen-bond donors (Lipinski definition) is 2. The molecule has 29 heavy (non-hydrogen) atoms. The van der Waals surface area contributed by atoms with Crippen molar-refractivity contribution in [1.29, 1.82) is 0 Å². The summed E-state index contributed by atoms with van der Waals surface area (Å²) in [5.74, 6) is 0.0343. The number of nitrogens with one attached hydrogen (secondary N) is 2. The quantitative estimate of drug-likeness (QED) is 0.750. The third kappa shape index (κ3) is 5.50. The molecule has 0 spiro atoms. The normalized spacial score (nSPS) is 15.8. The Bertz CT molecular complexity index is 831. The minimum absolute atomic E-state index is 0.0343. The smallest absolute Gasteiger partial charge is 0.321 e. The standard InChI is InChI=1S/C19H28N8O2/c1-4-15(3)21-18(28)12-25-7-9-26(10-8-25)19(29)22-16-6-5-14(2)17(11-16)27-13-20-23-24-27/h5-6,11,13,15H,4,7-10,12H2,1-3H3,(H,21,28)(H,22,29). The summed E-state index contributed by atoms with van der Waals surface area (Å²) in [6, 6.07) is 5.65. The maximum absolute atomic E-state index is 12.6. The Labute approximate surface area is 170 Å². The van der Waals surface area contributed by atoms with Gasteiger partial charge in [0.15, 0.2) is 0 Å². The van der Waals surface area contributed by atoms with Crippen molar-refractivity contribution < 1.29 is 9.59 Å². The van der Waals surface area contributed by atoms with Crippen LogP contribution in [0.25, 0.3) is 5.69 Å². The summed E-state index contributed by atoms with van der Waals surface area (Å²) >= 11 is 0.